The highest BCUT2D eigenvalue weighted by Gasteiger charge is 2.18. The van der Waals surface area contributed by atoms with Crippen LogP contribution in [-0.4, -0.2) is 28.8 Å². The number of hydrogen-bond acceptors (Lipinski definition) is 3. The maximum atomic E-state index is 5.36. The molecule has 0 aliphatic carbocycles. The maximum Gasteiger partial charge on any atom is 0.203 e. The summed E-state index contributed by atoms with van der Waals surface area (Å²) in [4.78, 5) is 4.34. The minimum atomic E-state index is 0.422. The van der Waals surface area contributed by atoms with E-state index in [-0.39, 0.29) is 0 Å². The van der Waals surface area contributed by atoms with Crippen LogP contribution in [0.15, 0.2) is 12.4 Å². The molecule has 0 atom stereocenters. The Balaban J connectivity index is 2.09. The van der Waals surface area contributed by atoms with Gasteiger partial charge in [0.1, 0.15) is 0 Å². The van der Waals surface area contributed by atoms with Gasteiger partial charge in [0.15, 0.2) is 0 Å². The van der Waals surface area contributed by atoms with Crippen molar-refractivity contribution >= 4 is 5.95 Å². The Bertz CT molecular complexity index is 303. The zero-order chi connectivity index (χ0) is 10.7. The summed E-state index contributed by atoms with van der Waals surface area (Å²) in [6, 6.07) is 0.966. The number of nitrogens with zero attached hydrogens (tertiary/aromatic N) is 2. The maximum absolute atomic E-state index is 5.36. The van der Waals surface area contributed by atoms with Crippen LogP contribution in [-0.2, 0) is 4.74 Å². The first-order chi connectivity index (χ1) is 7.27. The lowest BCUT2D eigenvalue weighted by molar-refractivity contribution is 0.0700. The minimum absolute atomic E-state index is 0.422. The van der Waals surface area contributed by atoms with Gasteiger partial charge in [-0.25, -0.2) is 4.98 Å². The van der Waals surface area contributed by atoms with Gasteiger partial charge in [-0.3, -0.25) is 0 Å². The fourth-order valence-electron chi connectivity index (χ4n) is 1.94. The number of rotatable bonds is 3. The van der Waals surface area contributed by atoms with Crippen molar-refractivity contribution in [2.24, 2.45) is 0 Å². The second-order valence-electron chi connectivity index (χ2n) is 4.30. The van der Waals surface area contributed by atoms with Crippen molar-refractivity contribution in [2.75, 3.05) is 18.5 Å². The second-order valence-corrected chi connectivity index (χ2v) is 4.30. The predicted molar refractivity (Wildman–Crippen MR) is 60.1 cm³/mol. The zero-order valence-electron chi connectivity index (χ0n) is 9.44. The van der Waals surface area contributed by atoms with Crippen LogP contribution < -0.4 is 5.32 Å². The molecule has 4 nitrogen and oxygen atoms in total. The van der Waals surface area contributed by atoms with Crippen molar-refractivity contribution < 1.29 is 4.74 Å². The molecule has 0 spiro atoms. The Hall–Kier alpha value is -1.03. The number of hydrogen-bond donors (Lipinski definition) is 1. The molecule has 4 heteroatoms. The van der Waals surface area contributed by atoms with Crippen LogP contribution in [0.5, 0.6) is 0 Å². The van der Waals surface area contributed by atoms with E-state index in [9.17, 15) is 0 Å². The van der Waals surface area contributed by atoms with Crippen LogP contribution in [0.4, 0.5) is 5.95 Å². The van der Waals surface area contributed by atoms with Gasteiger partial charge in [0, 0.05) is 37.7 Å². The standard InChI is InChI=1S/C11H19N3O/c1-9(2)13-11-12-5-6-14(11)10-3-7-15-8-4-10/h5-6,9-10H,3-4,7-8H2,1-2H3,(H,12,13). The van der Waals surface area contributed by atoms with Crippen LogP contribution in [0.25, 0.3) is 0 Å². The molecular formula is C11H19N3O. The van der Waals surface area contributed by atoms with E-state index < -0.39 is 0 Å². The molecule has 2 rings (SSSR count). The fraction of sp³-hybridized carbons (Fsp3) is 0.727. The van der Waals surface area contributed by atoms with Gasteiger partial charge >= 0.3 is 0 Å². The van der Waals surface area contributed by atoms with Gasteiger partial charge in [0.05, 0.1) is 0 Å². The van der Waals surface area contributed by atoms with Gasteiger partial charge in [-0.15, -0.1) is 0 Å². The number of anilines is 1. The molecular weight excluding hydrogens is 190 g/mol. The molecule has 15 heavy (non-hydrogen) atoms. The van der Waals surface area contributed by atoms with Crippen molar-refractivity contribution in [1.29, 1.82) is 0 Å². The van der Waals surface area contributed by atoms with Gasteiger partial charge in [0.2, 0.25) is 5.95 Å². The van der Waals surface area contributed by atoms with Gasteiger partial charge in [-0.2, -0.15) is 0 Å². The summed E-state index contributed by atoms with van der Waals surface area (Å²) >= 11 is 0. The SMILES string of the molecule is CC(C)Nc1nccn1C1CCOCC1. The minimum Gasteiger partial charge on any atom is -0.381 e. The molecule has 0 aromatic carbocycles. The topological polar surface area (TPSA) is 39.1 Å². The first-order valence-corrected chi connectivity index (χ1v) is 5.64. The van der Waals surface area contributed by atoms with Crippen LogP contribution in [0, 0.1) is 0 Å². The number of aromatic nitrogens is 2. The van der Waals surface area contributed by atoms with Gasteiger partial charge in [-0.1, -0.05) is 0 Å². The van der Waals surface area contributed by atoms with E-state index in [2.05, 4.69) is 34.9 Å². The van der Waals surface area contributed by atoms with Crippen molar-refractivity contribution in [3.63, 3.8) is 0 Å². The number of ether oxygens (including phenoxy) is 1. The fourth-order valence-corrected chi connectivity index (χ4v) is 1.94. The molecule has 1 aromatic rings. The summed E-state index contributed by atoms with van der Waals surface area (Å²) in [5.74, 6) is 0.983. The monoisotopic (exact) mass is 209 g/mol. The third-order valence-corrected chi connectivity index (χ3v) is 2.67. The van der Waals surface area contributed by atoms with E-state index in [4.69, 9.17) is 4.74 Å². The molecule has 1 fully saturated rings. The highest BCUT2D eigenvalue weighted by Crippen LogP contribution is 2.24. The molecule has 1 saturated heterocycles. The first-order valence-electron chi connectivity index (χ1n) is 5.64. The average molecular weight is 209 g/mol. The van der Waals surface area contributed by atoms with Crippen LogP contribution >= 0.6 is 0 Å². The molecule has 0 unspecified atom stereocenters. The first kappa shape index (κ1) is 10.5. The van der Waals surface area contributed by atoms with Crippen LogP contribution in [0.3, 0.4) is 0 Å². The number of imidazole rings is 1. The highest BCUT2D eigenvalue weighted by atomic mass is 16.5. The second kappa shape index (κ2) is 4.66. The smallest absolute Gasteiger partial charge is 0.203 e. The van der Waals surface area contributed by atoms with Crippen molar-refractivity contribution in [1.82, 2.24) is 9.55 Å². The van der Waals surface area contributed by atoms with Crippen LogP contribution in [0.1, 0.15) is 32.7 Å². The summed E-state index contributed by atoms with van der Waals surface area (Å²) < 4.78 is 7.60. The third kappa shape index (κ3) is 2.50. The van der Waals surface area contributed by atoms with E-state index in [1.807, 2.05) is 6.20 Å². The predicted octanol–water partition coefficient (Wildman–Crippen LogP) is 2.05. The molecule has 0 bridgehead atoms. The summed E-state index contributed by atoms with van der Waals surface area (Å²) in [5, 5.41) is 3.36. The van der Waals surface area contributed by atoms with E-state index in [0.29, 0.717) is 12.1 Å². The molecule has 1 N–H and O–H groups in total. The lowest BCUT2D eigenvalue weighted by atomic mass is 10.1. The van der Waals surface area contributed by atoms with E-state index >= 15 is 0 Å². The van der Waals surface area contributed by atoms with Gasteiger partial charge in [-0.05, 0) is 26.7 Å². The van der Waals surface area contributed by atoms with E-state index in [0.717, 1.165) is 32.0 Å². The van der Waals surface area contributed by atoms with Gasteiger partial charge in [0.25, 0.3) is 0 Å². The van der Waals surface area contributed by atoms with Crippen LogP contribution in [0.2, 0.25) is 0 Å². The number of nitrogens with one attached hydrogen (secondary N) is 1. The van der Waals surface area contributed by atoms with Gasteiger partial charge < -0.3 is 14.6 Å². The quantitative estimate of drug-likeness (QED) is 0.828. The molecule has 1 aliphatic rings. The largest absolute Gasteiger partial charge is 0.381 e. The summed E-state index contributed by atoms with van der Waals surface area (Å²) in [6.45, 7) is 5.99. The van der Waals surface area contributed by atoms with Crippen molar-refractivity contribution in [3.05, 3.63) is 12.4 Å². The van der Waals surface area contributed by atoms with Crippen molar-refractivity contribution in [3.8, 4) is 0 Å². The Morgan fingerprint density at radius 3 is 2.87 bits per heavy atom. The molecule has 0 amide bonds. The zero-order valence-corrected chi connectivity index (χ0v) is 9.44. The third-order valence-electron chi connectivity index (χ3n) is 2.67. The molecule has 1 aromatic heterocycles. The Morgan fingerprint density at radius 1 is 1.47 bits per heavy atom. The lowest BCUT2D eigenvalue weighted by Gasteiger charge is -2.25. The summed E-state index contributed by atoms with van der Waals surface area (Å²) in [7, 11) is 0. The molecule has 0 saturated carbocycles. The Morgan fingerprint density at radius 2 is 2.20 bits per heavy atom. The molecule has 2 heterocycles. The Kier molecular flexibility index (Phi) is 3.26. The lowest BCUT2D eigenvalue weighted by Crippen LogP contribution is -2.22. The molecule has 84 valence electrons. The summed E-state index contributed by atoms with van der Waals surface area (Å²) in [6.07, 6.45) is 6.09. The van der Waals surface area contributed by atoms with Crippen molar-refractivity contribution in [2.45, 2.75) is 38.8 Å². The van der Waals surface area contributed by atoms with E-state index in [1.54, 1.807) is 0 Å². The molecule has 0 radical (unpaired) electrons. The molecule has 1 aliphatic heterocycles. The Labute approximate surface area is 90.6 Å². The normalized spacial score (nSPS) is 18.3. The summed E-state index contributed by atoms with van der Waals surface area (Å²) in [5.41, 5.74) is 0. The average Bonchev–Trinajstić information content (AvgIpc) is 2.66. The highest BCUT2D eigenvalue weighted by molar-refractivity contribution is 5.27. The van der Waals surface area contributed by atoms with E-state index in [1.165, 1.54) is 0 Å².